The molecule has 0 saturated carbocycles. The molecule has 0 bridgehead atoms. The molecular weight excluding hydrogens is 262 g/mol. The van der Waals surface area contributed by atoms with E-state index >= 15 is 0 Å². The van der Waals surface area contributed by atoms with Gasteiger partial charge in [-0.25, -0.2) is 0 Å². The molecule has 0 spiro atoms. The van der Waals surface area contributed by atoms with Crippen molar-refractivity contribution in [2.24, 2.45) is 0 Å². The van der Waals surface area contributed by atoms with E-state index in [0.717, 1.165) is 18.0 Å². The molecule has 4 nitrogen and oxygen atoms in total. The SMILES string of the molecule is COCCNCc1ccc(SC(C)C(=O)OC)cc1. The lowest BCUT2D eigenvalue weighted by Crippen LogP contribution is -2.18. The summed E-state index contributed by atoms with van der Waals surface area (Å²) in [5.41, 5.74) is 1.21. The van der Waals surface area contributed by atoms with Gasteiger partial charge in [-0.1, -0.05) is 12.1 Å². The summed E-state index contributed by atoms with van der Waals surface area (Å²) in [6.45, 7) is 4.22. The summed E-state index contributed by atoms with van der Waals surface area (Å²) in [4.78, 5) is 12.4. The number of nitrogens with one attached hydrogen (secondary N) is 1. The Balaban J connectivity index is 2.41. The van der Waals surface area contributed by atoms with Crippen LogP contribution in [0.2, 0.25) is 0 Å². The number of methoxy groups -OCH3 is 2. The van der Waals surface area contributed by atoms with Crippen molar-refractivity contribution in [2.75, 3.05) is 27.4 Å². The molecule has 1 N–H and O–H groups in total. The zero-order chi connectivity index (χ0) is 14.1. The van der Waals surface area contributed by atoms with Crippen LogP contribution in [0.25, 0.3) is 0 Å². The molecule has 1 aromatic rings. The number of carbonyl (C=O) groups is 1. The molecule has 0 saturated heterocycles. The van der Waals surface area contributed by atoms with E-state index in [0.29, 0.717) is 6.61 Å². The van der Waals surface area contributed by atoms with Gasteiger partial charge in [-0.15, -0.1) is 11.8 Å². The Bertz CT molecular complexity index is 381. The summed E-state index contributed by atoms with van der Waals surface area (Å²) in [5.74, 6) is -0.199. The minimum Gasteiger partial charge on any atom is -0.468 e. The number of ether oxygens (including phenoxy) is 2. The van der Waals surface area contributed by atoms with Gasteiger partial charge in [-0.3, -0.25) is 4.79 Å². The highest BCUT2D eigenvalue weighted by atomic mass is 32.2. The molecule has 106 valence electrons. The number of esters is 1. The monoisotopic (exact) mass is 283 g/mol. The highest BCUT2D eigenvalue weighted by Crippen LogP contribution is 2.24. The third-order valence-corrected chi connectivity index (χ3v) is 3.67. The van der Waals surface area contributed by atoms with Crippen LogP contribution in [0.15, 0.2) is 29.2 Å². The molecule has 1 unspecified atom stereocenters. The van der Waals surface area contributed by atoms with Gasteiger partial charge in [0.25, 0.3) is 0 Å². The number of benzene rings is 1. The molecule has 0 aliphatic rings. The second-order valence-corrected chi connectivity index (χ2v) is 5.51. The van der Waals surface area contributed by atoms with Gasteiger partial charge in [0.1, 0.15) is 5.25 Å². The van der Waals surface area contributed by atoms with E-state index in [-0.39, 0.29) is 11.2 Å². The third kappa shape index (κ3) is 6.09. The summed E-state index contributed by atoms with van der Waals surface area (Å²) in [7, 11) is 3.10. The number of thioether (sulfide) groups is 1. The summed E-state index contributed by atoms with van der Waals surface area (Å²) < 4.78 is 9.67. The minimum absolute atomic E-state index is 0.185. The maximum absolute atomic E-state index is 11.3. The van der Waals surface area contributed by atoms with E-state index in [1.165, 1.54) is 24.4 Å². The quantitative estimate of drug-likeness (QED) is 0.450. The van der Waals surface area contributed by atoms with Crippen molar-refractivity contribution < 1.29 is 14.3 Å². The molecule has 0 aliphatic heterocycles. The maximum Gasteiger partial charge on any atom is 0.318 e. The van der Waals surface area contributed by atoms with Gasteiger partial charge in [0, 0.05) is 25.1 Å². The number of hydrogen-bond acceptors (Lipinski definition) is 5. The van der Waals surface area contributed by atoms with Crippen LogP contribution >= 0.6 is 11.8 Å². The highest BCUT2D eigenvalue weighted by molar-refractivity contribution is 8.00. The summed E-state index contributed by atoms with van der Waals surface area (Å²) in [6, 6.07) is 8.17. The number of rotatable bonds is 8. The largest absolute Gasteiger partial charge is 0.468 e. The molecular formula is C14H21NO3S. The Kier molecular flexibility index (Phi) is 7.55. The van der Waals surface area contributed by atoms with Crippen molar-refractivity contribution in [1.82, 2.24) is 5.32 Å². The first kappa shape index (κ1) is 16.0. The van der Waals surface area contributed by atoms with Crippen molar-refractivity contribution >= 4 is 17.7 Å². The van der Waals surface area contributed by atoms with Crippen LogP contribution in [0.3, 0.4) is 0 Å². The Morgan fingerprint density at radius 2 is 2.00 bits per heavy atom. The molecule has 0 heterocycles. The fourth-order valence-electron chi connectivity index (χ4n) is 1.51. The van der Waals surface area contributed by atoms with Gasteiger partial charge in [0.2, 0.25) is 0 Å². The minimum atomic E-state index is -0.199. The summed E-state index contributed by atoms with van der Waals surface area (Å²) in [5, 5.41) is 3.10. The van der Waals surface area contributed by atoms with Crippen LogP contribution in [0.1, 0.15) is 12.5 Å². The van der Waals surface area contributed by atoms with E-state index in [1.807, 2.05) is 19.1 Å². The van der Waals surface area contributed by atoms with Crippen LogP contribution in [-0.4, -0.2) is 38.6 Å². The van der Waals surface area contributed by atoms with Crippen LogP contribution in [-0.2, 0) is 20.8 Å². The van der Waals surface area contributed by atoms with E-state index in [1.54, 1.807) is 7.11 Å². The van der Waals surface area contributed by atoms with Crippen molar-refractivity contribution in [3.8, 4) is 0 Å². The van der Waals surface area contributed by atoms with Gasteiger partial charge in [-0.2, -0.15) is 0 Å². The predicted octanol–water partition coefficient (Wildman–Crippen LogP) is 2.08. The van der Waals surface area contributed by atoms with Crippen LogP contribution < -0.4 is 5.32 Å². The molecule has 1 rings (SSSR count). The predicted molar refractivity (Wildman–Crippen MR) is 77.4 cm³/mol. The lowest BCUT2D eigenvalue weighted by atomic mass is 10.2. The normalized spacial score (nSPS) is 12.2. The van der Waals surface area contributed by atoms with Crippen LogP contribution in [0, 0.1) is 0 Å². The first-order valence-corrected chi connectivity index (χ1v) is 7.08. The topological polar surface area (TPSA) is 47.6 Å². The van der Waals surface area contributed by atoms with Gasteiger partial charge >= 0.3 is 5.97 Å². The third-order valence-electron chi connectivity index (χ3n) is 2.58. The van der Waals surface area contributed by atoms with Crippen LogP contribution in [0.4, 0.5) is 0 Å². The molecule has 0 amide bonds. The molecule has 0 fully saturated rings. The van der Waals surface area contributed by atoms with Gasteiger partial charge in [0.15, 0.2) is 0 Å². The number of hydrogen-bond donors (Lipinski definition) is 1. The van der Waals surface area contributed by atoms with Gasteiger partial charge in [-0.05, 0) is 24.6 Å². The highest BCUT2D eigenvalue weighted by Gasteiger charge is 2.14. The standard InChI is InChI=1S/C14H21NO3S/c1-11(14(16)18-3)19-13-6-4-12(5-7-13)10-15-8-9-17-2/h4-7,11,15H,8-10H2,1-3H3. The van der Waals surface area contributed by atoms with Crippen LogP contribution in [0.5, 0.6) is 0 Å². The Hall–Kier alpha value is -1.04. The summed E-state index contributed by atoms with van der Waals surface area (Å²) >= 11 is 1.50. The Labute approximate surface area is 118 Å². The van der Waals surface area contributed by atoms with E-state index in [4.69, 9.17) is 9.47 Å². The molecule has 1 aromatic carbocycles. The smallest absolute Gasteiger partial charge is 0.318 e. The molecule has 0 aromatic heterocycles. The van der Waals surface area contributed by atoms with E-state index in [2.05, 4.69) is 17.4 Å². The summed E-state index contributed by atoms with van der Waals surface area (Å²) in [6.07, 6.45) is 0. The number of carbonyl (C=O) groups excluding carboxylic acids is 1. The second-order valence-electron chi connectivity index (χ2n) is 4.10. The zero-order valence-electron chi connectivity index (χ0n) is 11.6. The van der Waals surface area contributed by atoms with E-state index < -0.39 is 0 Å². The second kappa shape index (κ2) is 8.96. The van der Waals surface area contributed by atoms with Crippen molar-refractivity contribution in [3.05, 3.63) is 29.8 Å². The van der Waals surface area contributed by atoms with E-state index in [9.17, 15) is 4.79 Å². The molecule has 19 heavy (non-hydrogen) atoms. The molecule has 0 radical (unpaired) electrons. The fraction of sp³-hybridized carbons (Fsp3) is 0.500. The first-order valence-electron chi connectivity index (χ1n) is 6.20. The Morgan fingerprint density at radius 1 is 1.32 bits per heavy atom. The maximum atomic E-state index is 11.3. The lowest BCUT2D eigenvalue weighted by Gasteiger charge is -2.09. The lowest BCUT2D eigenvalue weighted by molar-refractivity contribution is -0.139. The fourth-order valence-corrected chi connectivity index (χ4v) is 2.40. The van der Waals surface area contributed by atoms with Crippen molar-refractivity contribution in [1.29, 1.82) is 0 Å². The van der Waals surface area contributed by atoms with Crippen molar-refractivity contribution in [3.63, 3.8) is 0 Å². The average Bonchev–Trinajstić information content (AvgIpc) is 2.44. The average molecular weight is 283 g/mol. The molecule has 5 heteroatoms. The zero-order valence-corrected chi connectivity index (χ0v) is 12.5. The molecule has 0 aliphatic carbocycles. The molecule has 1 atom stereocenters. The van der Waals surface area contributed by atoms with Crippen molar-refractivity contribution in [2.45, 2.75) is 23.6 Å². The Morgan fingerprint density at radius 3 is 2.58 bits per heavy atom. The van der Waals surface area contributed by atoms with Gasteiger partial charge < -0.3 is 14.8 Å². The van der Waals surface area contributed by atoms with Gasteiger partial charge in [0.05, 0.1) is 13.7 Å². The first-order chi connectivity index (χ1) is 9.17.